The number of nitrogens with zero attached hydrogens (tertiary/aromatic N) is 4. The maximum Gasteiger partial charge on any atom is 0.278 e. The highest BCUT2D eigenvalue weighted by Crippen LogP contribution is 2.21. The number of carbonyl (C=O) groups is 1. The molecular formula is C24H25N5O3. The van der Waals surface area contributed by atoms with E-state index in [0.717, 1.165) is 11.3 Å². The predicted molar refractivity (Wildman–Crippen MR) is 122 cm³/mol. The SMILES string of the molecule is COc1ccccc1CNC(=O)[C@H](C)n1nc(C)c2nn(-c3ccccc3)c(C)c2c1=O. The van der Waals surface area contributed by atoms with Gasteiger partial charge < -0.3 is 10.1 Å². The maximum atomic E-state index is 13.3. The molecule has 0 aliphatic heterocycles. The van der Waals surface area contributed by atoms with Crippen LogP contribution in [0.4, 0.5) is 0 Å². The summed E-state index contributed by atoms with van der Waals surface area (Å²) in [5.41, 5.74) is 3.19. The normalized spacial score (nSPS) is 12.0. The van der Waals surface area contributed by atoms with Crippen LogP contribution in [0.3, 0.4) is 0 Å². The summed E-state index contributed by atoms with van der Waals surface area (Å²) in [6.07, 6.45) is 0. The molecule has 0 fully saturated rings. The van der Waals surface area contributed by atoms with Crippen molar-refractivity contribution >= 4 is 16.8 Å². The van der Waals surface area contributed by atoms with E-state index >= 15 is 0 Å². The zero-order chi connectivity index (χ0) is 22.8. The minimum atomic E-state index is -0.792. The topological polar surface area (TPSA) is 91.0 Å². The van der Waals surface area contributed by atoms with Gasteiger partial charge in [-0.2, -0.15) is 10.2 Å². The Kier molecular flexibility index (Phi) is 5.77. The van der Waals surface area contributed by atoms with Gasteiger partial charge in [-0.05, 0) is 39.0 Å². The number of fused-ring (bicyclic) bond motifs is 1. The van der Waals surface area contributed by atoms with Crippen molar-refractivity contribution in [2.24, 2.45) is 0 Å². The molecule has 1 N–H and O–H groups in total. The van der Waals surface area contributed by atoms with Crippen LogP contribution in [0.1, 0.15) is 29.9 Å². The van der Waals surface area contributed by atoms with Crippen molar-refractivity contribution < 1.29 is 9.53 Å². The summed E-state index contributed by atoms with van der Waals surface area (Å²) in [6.45, 7) is 5.59. The van der Waals surface area contributed by atoms with E-state index in [0.29, 0.717) is 28.0 Å². The molecule has 1 amide bonds. The summed E-state index contributed by atoms with van der Waals surface area (Å²) in [7, 11) is 1.59. The molecule has 0 spiro atoms. The fourth-order valence-corrected chi connectivity index (χ4v) is 3.75. The largest absolute Gasteiger partial charge is 0.496 e. The van der Waals surface area contributed by atoms with Crippen molar-refractivity contribution in [2.45, 2.75) is 33.4 Å². The van der Waals surface area contributed by atoms with Crippen molar-refractivity contribution in [3.8, 4) is 11.4 Å². The summed E-state index contributed by atoms with van der Waals surface area (Å²) in [6, 6.07) is 16.3. The Morgan fingerprint density at radius 1 is 1.06 bits per heavy atom. The molecule has 4 rings (SSSR count). The first-order valence-electron chi connectivity index (χ1n) is 10.4. The van der Waals surface area contributed by atoms with Gasteiger partial charge in [0.05, 0.1) is 29.6 Å². The second kappa shape index (κ2) is 8.66. The lowest BCUT2D eigenvalue weighted by molar-refractivity contribution is -0.124. The molecule has 0 aliphatic rings. The Balaban J connectivity index is 1.66. The first kappa shape index (κ1) is 21.3. The zero-order valence-corrected chi connectivity index (χ0v) is 18.5. The summed E-state index contributed by atoms with van der Waals surface area (Å²) >= 11 is 0. The summed E-state index contributed by atoms with van der Waals surface area (Å²) in [4.78, 5) is 26.2. The van der Waals surface area contributed by atoms with Gasteiger partial charge in [0, 0.05) is 12.1 Å². The number of nitrogens with one attached hydrogen (secondary N) is 1. The van der Waals surface area contributed by atoms with Gasteiger partial charge in [0.15, 0.2) is 0 Å². The van der Waals surface area contributed by atoms with Crippen LogP contribution in [0.25, 0.3) is 16.6 Å². The number of carbonyl (C=O) groups excluding carboxylic acids is 1. The molecule has 0 radical (unpaired) electrons. The zero-order valence-electron chi connectivity index (χ0n) is 18.5. The lowest BCUT2D eigenvalue weighted by atomic mass is 10.2. The van der Waals surface area contributed by atoms with Crippen LogP contribution in [0.5, 0.6) is 5.75 Å². The van der Waals surface area contributed by atoms with Gasteiger partial charge in [0.25, 0.3) is 5.56 Å². The summed E-state index contributed by atoms with van der Waals surface area (Å²) < 4.78 is 8.30. The smallest absolute Gasteiger partial charge is 0.278 e. The molecule has 2 heterocycles. The Labute approximate surface area is 185 Å². The third kappa shape index (κ3) is 3.75. The van der Waals surface area contributed by atoms with E-state index in [1.807, 2.05) is 61.5 Å². The molecule has 0 saturated carbocycles. The number of amides is 1. The monoisotopic (exact) mass is 431 g/mol. The molecule has 2 aromatic heterocycles. The van der Waals surface area contributed by atoms with Gasteiger partial charge in [-0.3, -0.25) is 9.59 Å². The van der Waals surface area contributed by atoms with Crippen LogP contribution in [0.2, 0.25) is 0 Å². The number of benzene rings is 2. The van der Waals surface area contributed by atoms with Crippen molar-refractivity contribution in [3.63, 3.8) is 0 Å². The lowest BCUT2D eigenvalue weighted by Gasteiger charge is -2.16. The second-order valence-electron chi connectivity index (χ2n) is 7.60. The van der Waals surface area contributed by atoms with Gasteiger partial charge in [-0.1, -0.05) is 36.4 Å². The molecule has 1 atom stereocenters. The van der Waals surface area contributed by atoms with Crippen molar-refractivity contribution in [1.29, 1.82) is 0 Å². The molecule has 8 heteroatoms. The van der Waals surface area contributed by atoms with Crippen LogP contribution in [0.15, 0.2) is 59.4 Å². The first-order valence-corrected chi connectivity index (χ1v) is 10.4. The van der Waals surface area contributed by atoms with Crippen LogP contribution in [0, 0.1) is 13.8 Å². The highest BCUT2D eigenvalue weighted by molar-refractivity contribution is 5.84. The Morgan fingerprint density at radius 3 is 2.47 bits per heavy atom. The molecule has 8 nitrogen and oxygen atoms in total. The Bertz CT molecular complexity index is 1340. The van der Waals surface area contributed by atoms with E-state index in [1.54, 1.807) is 25.6 Å². The standard InChI is InChI=1S/C24H25N5O3/c1-15-22-21(16(2)28(27-22)19-11-6-5-7-12-19)24(31)29(26-15)17(3)23(30)25-14-18-10-8-9-13-20(18)32-4/h5-13,17H,14H2,1-4H3,(H,25,30)/t17-/m0/s1. The fourth-order valence-electron chi connectivity index (χ4n) is 3.75. The van der Waals surface area contributed by atoms with E-state index in [-0.39, 0.29) is 18.0 Å². The summed E-state index contributed by atoms with van der Waals surface area (Å²) in [5, 5.41) is 12.3. The molecule has 4 aromatic rings. The average molecular weight is 431 g/mol. The molecule has 0 aliphatic carbocycles. The van der Waals surface area contributed by atoms with E-state index < -0.39 is 6.04 Å². The van der Waals surface area contributed by atoms with Gasteiger partial charge in [-0.15, -0.1) is 0 Å². The van der Waals surface area contributed by atoms with Gasteiger partial charge in [-0.25, -0.2) is 9.36 Å². The van der Waals surface area contributed by atoms with E-state index in [9.17, 15) is 9.59 Å². The molecule has 164 valence electrons. The molecule has 32 heavy (non-hydrogen) atoms. The van der Waals surface area contributed by atoms with Crippen LogP contribution < -0.4 is 15.6 Å². The first-order chi connectivity index (χ1) is 15.4. The number of para-hydroxylation sites is 2. The third-order valence-electron chi connectivity index (χ3n) is 5.53. The quantitative estimate of drug-likeness (QED) is 0.507. The van der Waals surface area contributed by atoms with Gasteiger partial charge in [0.1, 0.15) is 17.3 Å². The number of aryl methyl sites for hydroxylation is 2. The van der Waals surface area contributed by atoms with E-state index in [4.69, 9.17) is 4.74 Å². The van der Waals surface area contributed by atoms with Gasteiger partial charge in [0.2, 0.25) is 5.91 Å². The van der Waals surface area contributed by atoms with Gasteiger partial charge >= 0.3 is 0 Å². The van der Waals surface area contributed by atoms with E-state index in [1.165, 1.54) is 4.68 Å². The van der Waals surface area contributed by atoms with Crippen LogP contribution >= 0.6 is 0 Å². The Hall–Kier alpha value is -3.94. The Morgan fingerprint density at radius 2 is 1.75 bits per heavy atom. The van der Waals surface area contributed by atoms with E-state index in [2.05, 4.69) is 15.5 Å². The number of methoxy groups -OCH3 is 1. The molecule has 0 unspecified atom stereocenters. The van der Waals surface area contributed by atoms with Crippen molar-refractivity contribution in [1.82, 2.24) is 24.9 Å². The van der Waals surface area contributed by atoms with Crippen LogP contribution in [-0.2, 0) is 11.3 Å². The number of ether oxygens (including phenoxy) is 1. The molecule has 0 saturated heterocycles. The third-order valence-corrected chi connectivity index (χ3v) is 5.53. The number of rotatable bonds is 6. The molecular weight excluding hydrogens is 406 g/mol. The van der Waals surface area contributed by atoms with Crippen molar-refractivity contribution in [2.75, 3.05) is 7.11 Å². The summed E-state index contributed by atoms with van der Waals surface area (Å²) in [5.74, 6) is 0.384. The minimum absolute atomic E-state index is 0.286. The second-order valence-corrected chi connectivity index (χ2v) is 7.60. The van der Waals surface area contributed by atoms with Crippen molar-refractivity contribution in [3.05, 3.63) is 81.9 Å². The number of hydrogen-bond donors (Lipinski definition) is 1. The number of hydrogen-bond acceptors (Lipinski definition) is 5. The molecule has 0 bridgehead atoms. The fraction of sp³-hybridized carbons (Fsp3) is 0.250. The molecule has 2 aromatic carbocycles. The van der Waals surface area contributed by atoms with Crippen LogP contribution in [-0.4, -0.2) is 32.6 Å². The predicted octanol–water partition coefficient (Wildman–Crippen LogP) is 3.09. The number of aromatic nitrogens is 4. The lowest BCUT2D eigenvalue weighted by Crippen LogP contribution is -2.37. The minimum Gasteiger partial charge on any atom is -0.496 e. The average Bonchev–Trinajstić information content (AvgIpc) is 3.18. The maximum absolute atomic E-state index is 13.3. The highest BCUT2D eigenvalue weighted by Gasteiger charge is 2.23. The highest BCUT2D eigenvalue weighted by atomic mass is 16.5.